The number of ether oxygens (including phenoxy) is 1. The minimum Gasteiger partial charge on any atom is -0.497 e. The number of likely N-dealkylation sites (tertiary alicyclic amines) is 1. The molecule has 1 aliphatic heterocycles. The fourth-order valence-electron chi connectivity index (χ4n) is 2.94. The SMILES string of the molecule is COc1ccc([C@@H]2CCCN2C(=O)Nc2cccc(Cl)c2)cc1. The number of benzene rings is 2. The van der Waals surface area contributed by atoms with Gasteiger partial charge in [-0.25, -0.2) is 4.79 Å². The summed E-state index contributed by atoms with van der Waals surface area (Å²) in [6, 6.07) is 15.1. The molecule has 0 aliphatic carbocycles. The lowest BCUT2D eigenvalue weighted by atomic mass is 10.0. The highest BCUT2D eigenvalue weighted by molar-refractivity contribution is 6.30. The summed E-state index contributed by atoms with van der Waals surface area (Å²) in [6.45, 7) is 0.753. The maximum absolute atomic E-state index is 12.6. The van der Waals surface area contributed by atoms with Crippen molar-refractivity contribution < 1.29 is 9.53 Å². The van der Waals surface area contributed by atoms with Crippen LogP contribution in [0.4, 0.5) is 10.5 Å². The summed E-state index contributed by atoms with van der Waals surface area (Å²) in [5, 5.41) is 3.53. The molecule has 5 heteroatoms. The van der Waals surface area contributed by atoms with Gasteiger partial charge in [-0.1, -0.05) is 29.8 Å². The first-order chi connectivity index (χ1) is 11.2. The molecule has 1 fully saturated rings. The third-order valence-corrected chi connectivity index (χ3v) is 4.33. The van der Waals surface area contributed by atoms with Gasteiger partial charge >= 0.3 is 6.03 Å². The van der Waals surface area contributed by atoms with Gasteiger partial charge in [-0.3, -0.25) is 0 Å². The van der Waals surface area contributed by atoms with E-state index in [1.807, 2.05) is 41.3 Å². The third kappa shape index (κ3) is 3.59. The molecule has 1 atom stereocenters. The molecule has 0 spiro atoms. The molecule has 2 aromatic rings. The van der Waals surface area contributed by atoms with E-state index in [2.05, 4.69) is 5.32 Å². The number of urea groups is 1. The Labute approximate surface area is 141 Å². The predicted octanol–water partition coefficient (Wildman–Crippen LogP) is 4.72. The first kappa shape index (κ1) is 15.7. The zero-order valence-electron chi connectivity index (χ0n) is 13.0. The summed E-state index contributed by atoms with van der Waals surface area (Å²) in [7, 11) is 1.65. The monoisotopic (exact) mass is 330 g/mol. The van der Waals surface area contributed by atoms with E-state index in [9.17, 15) is 4.79 Å². The molecular formula is C18H19ClN2O2. The van der Waals surface area contributed by atoms with Crippen molar-refractivity contribution in [2.75, 3.05) is 19.0 Å². The van der Waals surface area contributed by atoms with Gasteiger partial charge < -0.3 is 15.0 Å². The fourth-order valence-corrected chi connectivity index (χ4v) is 3.13. The first-order valence-electron chi connectivity index (χ1n) is 7.64. The number of amides is 2. The van der Waals surface area contributed by atoms with Crippen molar-refractivity contribution in [2.45, 2.75) is 18.9 Å². The van der Waals surface area contributed by atoms with Gasteiger partial charge in [0.05, 0.1) is 13.2 Å². The molecule has 0 aromatic heterocycles. The van der Waals surface area contributed by atoms with Gasteiger partial charge in [-0.05, 0) is 48.7 Å². The normalized spacial score (nSPS) is 17.1. The van der Waals surface area contributed by atoms with Crippen LogP contribution in [0.15, 0.2) is 48.5 Å². The topological polar surface area (TPSA) is 41.6 Å². The number of hydrogen-bond acceptors (Lipinski definition) is 2. The van der Waals surface area contributed by atoms with Gasteiger partial charge in [0, 0.05) is 17.3 Å². The molecule has 1 heterocycles. The average molecular weight is 331 g/mol. The van der Waals surface area contributed by atoms with Crippen LogP contribution in [-0.4, -0.2) is 24.6 Å². The fraction of sp³-hybridized carbons (Fsp3) is 0.278. The Balaban J connectivity index is 1.73. The molecule has 0 saturated carbocycles. The minimum atomic E-state index is -0.0921. The number of rotatable bonds is 3. The smallest absolute Gasteiger partial charge is 0.322 e. The molecular weight excluding hydrogens is 312 g/mol. The van der Waals surface area contributed by atoms with Crippen molar-refractivity contribution in [3.05, 3.63) is 59.1 Å². The second kappa shape index (κ2) is 6.92. The first-order valence-corrected chi connectivity index (χ1v) is 8.02. The summed E-state index contributed by atoms with van der Waals surface area (Å²) in [5.41, 5.74) is 1.84. The zero-order valence-corrected chi connectivity index (χ0v) is 13.7. The molecule has 1 aliphatic rings. The van der Waals surface area contributed by atoms with E-state index in [0.717, 1.165) is 30.7 Å². The van der Waals surface area contributed by atoms with Gasteiger partial charge in [-0.2, -0.15) is 0 Å². The number of nitrogens with one attached hydrogen (secondary N) is 1. The lowest BCUT2D eigenvalue weighted by Crippen LogP contribution is -2.34. The Kier molecular flexibility index (Phi) is 4.72. The molecule has 23 heavy (non-hydrogen) atoms. The molecule has 1 saturated heterocycles. The van der Waals surface area contributed by atoms with Crippen LogP contribution in [0.5, 0.6) is 5.75 Å². The van der Waals surface area contributed by atoms with E-state index < -0.39 is 0 Å². The molecule has 2 aromatic carbocycles. The quantitative estimate of drug-likeness (QED) is 0.884. The highest BCUT2D eigenvalue weighted by Crippen LogP contribution is 2.33. The van der Waals surface area contributed by atoms with Gasteiger partial charge in [0.2, 0.25) is 0 Å². The maximum atomic E-state index is 12.6. The summed E-state index contributed by atoms with van der Waals surface area (Å²) in [6.07, 6.45) is 1.97. The number of carbonyl (C=O) groups is 1. The molecule has 4 nitrogen and oxygen atoms in total. The van der Waals surface area contributed by atoms with Crippen LogP contribution in [0.2, 0.25) is 5.02 Å². The molecule has 1 N–H and O–H groups in total. The summed E-state index contributed by atoms with van der Waals surface area (Å²) < 4.78 is 5.19. The Morgan fingerprint density at radius 1 is 1.26 bits per heavy atom. The zero-order chi connectivity index (χ0) is 16.2. The van der Waals surface area contributed by atoms with Gasteiger partial charge in [0.1, 0.15) is 5.75 Å². The summed E-state index contributed by atoms with van der Waals surface area (Å²) in [4.78, 5) is 14.5. The maximum Gasteiger partial charge on any atom is 0.322 e. The summed E-state index contributed by atoms with van der Waals surface area (Å²) >= 11 is 5.96. The lowest BCUT2D eigenvalue weighted by molar-refractivity contribution is 0.207. The number of methoxy groups -OCH3 is 1. The molecule has 3 rings (SSSR count). The van der Waals surface area contributed by atoms with E-state index in [-0.39, 0.29) is 12.1 Å². The van der Waals surface area contributed by atoms with Crippen molar-refractivity contribution in [2.24, 2.45) is 0 Å². The van der Waals surface area contributed by atoms with E-state index in [0.29, 0.717) is 10.7 Å². The molecule has 120 valence electrons. The largest absolute Gasteiger partial charge is 0.497 e. The molecule has 0 unspecified atom stereocenters. The Morgan fingerprint density at radius 3 is 2.74 bits per heavy atom. The van der Waals surface area contributed by atoms with Crippen LogP contribution in [0, 0.1) is 0 Å². The van der Waals surface area contributed by atoms with Crippen LogP contribution >= 0.6 is 11.6 Å². The second-order valence-corrected chi connectivity index (χ2v) is 6.00. The lowest BCUT2D eigenvalue weighted by Gasteiger charge is -2.25. The van der Waals surface area contributed by atoms with Crippen LogP contribution in [0.25, 0.3) is 0 Å². The number of nitrogens with zero attached hydrogens (tertiary/aromatic N) is 1. The number of hydrogen-bond donors (Lipinski definition) is 1. The predicted molar refractivity (Wildman–Crippen MR) is 92.1 cm³/mol. The molecule has 2 amide bonds. The van der Waals surface area contributed by atoms with E-state index in [1.54, 1.807) is 19.2 Å². The van der Waals surface area contributed by atoms with Gasteiger partial charge in [0.15, 0.2) is 0 Å². The summed E-state index contributed by atoms with van der Waals surface area (Å²) in [5.74, 6) is 0.821. The van der Waals surface area contributed by atoms with Crippen molar-refractivity contribution in [1.82, 2.24) is 4.90 Å². The number of anilines is 1. The van der Waals surface area contributed by atoms with Crippen LogP contribution in [0.3, 0.4) is 0 Å². The van der Waals surface area contributed by atoms with E-state index in [4.69, 9.17) is 16.3 Å². The highest BCUT2D eigenvalue weighted by Gasteiger charge is 2.30. The van der Waals surface area contributed by atoms with Crippen LogP contribution in [-0.2, 0) is 0 Å². The third-order valence-electron chi connectivity index (χ3n) is 4.09. The number of halogens is 1. The van der Waals surface area contributed by atoms with Gasteiger partial charge in [-0.15, -0.1) is 0 Å². The second-order valence-electron chi connectivity index (χ2n) is 5.57. The average Bonchev–Trinajstić information content (AvgIpc) is 3.05. The van der Waals surface area contributed by atoms with Crippen molar-refractivity contribution in [3.63, 3.8) is 0 Å². The van der Waals surface area contributed by atoms with Crippen LogP contribution < -0.4 is 10.1 Å². The van der Waals surface area contributed by atoms with Gasteiger partial charge in [0.25, 0.3) is 0 Å². The van der Waals surface area contributed by atoms with Crippen molar-refractivity contribution in [3.8, 4) is 5.75 Å². The Bertz CT molecular complexity index is 688. The highest BCUT2D eigenvalue weighted by atomic mass is 35.5. The molecule has 0 bridgehead atoms. The van der Waals surface area contributed by atoms with E-state index >= 15 is 0 Å². The standard InChI is InChI=1S/C18H19ClN2O2/c1-23-16-9-7-13(8-10-16)17-6-3-11-21(17)18(22)20-15-5-2-4-14(19)12-15/h2,4-5,7-10,12,17H,3,6,11H2,1H3,(H,20,22)/t17-/m0/s1. The minimum absolute atomic E-state index is 0.0921. The molecule has 0 radical (unpaired) electrons. The Morgan fingerprint density at radius 2 is 2.04 bits per heavy atom. The number of carbonyl (C=O) groups excluding carboxylic acids is 1. The van der Waals surface area contributed by atoms with Crippen molar-refractivity contribution in [1.29, 1.82) is 0 Å². The van der Waals surface area contributed by atoms with Crippen LogP contribution in [0.1, 0.15) is 24.4 Å². The van der Waals surface area contributed by atoms with Crippen molar-refractivity contribution >= 4 is 23.3 Å². The van der Waals surface area contributed by atoms with E-state index in [1.165, 1.54) is 0 Å². The Hall–Kier alpha value is -2.20.